The van der Waals surface area contributed by atoms with E-state index in [1.807, 2.05) is 0 Å². The van der Waals surface area contributed by atoms with E-state index in [0.717, 1.165) is 29.4 Å². The normalized spacial score (nSPS) is 16.3. The molecular formula is C17H20BrNO. The van der Waals surface area contributed by atoms with E-state index >= 15 is 0 Å². The third-order valence-electron chi connectivity index (χ3n) is 3.64. The van der Waals surface area contributed by atoms with Gasteiger partial charge in [-0.25, -0.2) is 0 Å². The van der Waals surface area contributed by atoms with Crippen molar-refractivity contribution < 1.29 is 4.74 Å². The van der Waals surface area contributed by atoms with Crippen LogP contribution in [0.1, 0.15) is 19.8 Å². The standard InChI is InChI=1S/C17H20BrNO/c1-12(10-19-16-5-6-16)11-20-17-7-3-13-8-15(18)4-2-14(13)9-17/h2-4,7-9,12,16,19H,5-6,10-11H2,1H3. The summed E-state index contributed by atoms with van der Waals surface area (Å²) in [5.74, 6) is 1.49. The molecule has 1 unspecified atom stereocenters. The fourth-order valence-electron chi connectivity index (χ4n) is 2.24. The summed E-state index contributed by atoms with van der Waals surface area (Å²) in [6.45, 7) is 4.04. The van der Waals surface area contributed by atoms with Crippen LogP contribution in [0.25, 0.3) is 10.8 Å². The van der Waals surface area contributed by atoms with Crippen molar-refractivity contribution in [3.05, 3.63) is 40.9 Å². The van der Waals surface area contributed by atoms with E-state index in [2.05, 4.69) is 64.6 Å². The first kappa shape index (κ1) is 13.9. The highest BCUT2D eigenvalue weighted by Crippen LogP contribution is 2.24. The van der Waals surface area contributed by atoms with Gasteiger partial charge >= 0.3 is 0 Å². The molecule has 0 heterocycles. The van der Waals surface area contributed by atoms with E-state index in [4.69, 9.17) is 4.74 Å². The molecule has 2 aromatic carbocycles. The highest BCUT2D eigenvalue weighted by Gasteiger charge is 2.20. The molecule has 0 amide bonds. The van der Waals surface area contributed by atoms with Crippen LogP contribution in [0.5, 0.6) is 5.75 Å². The predicted octanol–water partition coefficient (Wildman–Crippen LogP) is 4.37. The SMILES string of the molecule is CC(CNC1CC1)COc1ccc2cc(Br)ccc2c1. The Morgan fingerprint density at radius 2 is 1.95 bits per heavy atom. The number of halogens is 1. The van der Waals surface area contributed by atoms with E-state index < -0.39 is 0 Å². The summed E-state index contributed by atoms with van der Waals surface area (Å²) in [4.78, 5) is 0. The van der Waals surface area contributed by atoms with Crippen LogP contribution in [0.2, 0.25) is 0 Å². The van der Waals surface area contributed by atoms with Gasteiger partial charge in [0.05, 0.1) is 6.61 Å². The molecule has 0 spiro atoms. The minimum Gasteiger partial charge on any atom is -0.493 e. The largest absolute Gasteiger partial charge is 0.493 e. The monoisotopic (exact) mass is 333 g/mol. The van der Waals surface area contributed by atoms with Gasteiger partial charge in [0.2, 0.25) is 0 Å². The Morgan fingerprint density at radius 1 is 1.20 bits per heavy atom. The highest BCUT2D eigenvalue weighted by molar-refractivity contribution is 9.10. The minimum absolute atomic E-state index is 0.538. The van der Waals surface area contributed by atoms with Crippen molar-refractivity contribution in [3.63, 3.8) is 0 Å². The zero-order valence-corrected chi connectivity index (χ0v) is 13.3. The van der Waals surface area contributed by atoms with Gasteiger partial charge in [-0.2, -0.15) is 0 Å². The Hall–Kier alpha value is -1.06. The van der Waals surface area contributed by atoms with Gasteiger partial charge in [-0.1, -0.05) is 35.0 Å². The van der Waals surface area contributed by atoms with Gasteiger partial charge in [-0.05, 0) is 47.9 Å². The molecule has 1 aliphatic carbocycles. The number of nitrogens with one attached hydrogen (secondary N) is 1. The van der Waals surface area contributed by atoms with Crippen molar-refractivity contribution >= 4 is 26.7 Å². The van der Waals surface area contributed by atoms with Crippen LogP contribution < -0.4 is 10.1 Å². The lowest BCUT2D eigenvalue weighted by Crippen LogP contribution is -2.26. The Balaban J connectivity index is 1.57. The van der Waals surface area contributed by atoms with Gasteiger partial charge in [-0.3, -0.25) is 0 Å². The number of fused-ring (bicyclic) bond motifs is 1. The fraction of sp³-hybridized carbons (Fsp3) is 0.412. The van der Waals surface area contributed by atoms with Gasteiger partial charge in [0.25, 0.3) is 0 Å². The van der Waals surface area contributed by atoms with Crippen molar-refractivity contribution in [1.82, 2.24) is 5.32 Å². The molecule has 1 atom stereocenters. The van der Waals surface area contributed by atoms with Crippen LogP contribution in [0.15, 0.2) is 40.9 Å². The summed E-state index contributed by atoms with van der Waals surface area (Å²) in [6.07, 6.45) is 2.68. The van der Waals surface area contributed by atoms with Gasteiger partial charge in [0.1, 0.15) is 5.75 Å². The number of hydrogen-bond donors (Lipinski definition) is 1. The van der Waals surface area contributed by atoms with Crippen LogP contribution in [0.4, 0.5) is 0 Å². The van der Waals surface area contributed by atoms with Gasteiger partial charge in [0.15, 0.2) is 0 Å². The van der Waals surface area contributed by atoms with Crippen molar-refractivity contribution in [2.75, 3.05) is 13.2 Å². The van der Waals surface area contributed by atoms with E-state index in [9.17, 15) is 0 Å². The highest BCUT2D eigenvalue weighted by atomic mass is 79.9. The molecular weight excluding hydrogens is 314 g/mol. The van der Waals surface area contributed by atoms with Crippen LogP contribution >= 0.6 is 15.9 Å². The van der Waals surface area contributed by atoms with Crippen LogP contribution in [0, 0.1) is 5.92 Å². The molecule has 20 heavy (non-hydrogen) atoms. The lowest BCUT2D eigenvalue weighted by molar-refractivity contribution is 0.255. The van der Waals surface area contributed by atoms with Crippen LogP contribution in [0.3, 0.4) is 0 Å². The molecule has 0 radical (unpaired) electrons. The summed E-state index contributed by atoms with van der Waals surface area (Å²) in [7, 11) is 0. The molecule has 0 aromatic heterocycles. The first-order valence-corrected chi connectivity index (χ1v) is 8.05. The topological polar surface area (TPSA) is 21.3 Å². The van der Waals surface area contributed by atoms with E-state index in [1.165, 1.54) is 23.6 Å². The molecule has 3 heteroatoms. The molecule has 0 aliphatic heterocycles. The molecule has 0 saturated heterocycles. The third-order valence-corrected chi connectivity index (χ3v) is 4.13. The van der Waals surface area contributed by atoms with Crippen molar-refractivity contribution in [2.24, 2.45) is 5.92 Å². The number of ether oxygens (including phenoxy) is 1. The van der Waals surface area contributed by atoms with Gasteiger partial charge in [-0.15, -0.1) is 0 Å². The molecule has 106 valence electrons. The first-order chi connectivity index (χ1) is 9.70. The lowest BCUT2D eigenvalue weighted by atomic mass is 10.1. The maximum Gasteiger partial charge on any atom is 0.119 e. The average Bonchev–Trinajstić information content (AvgIpc) is 3.27. The zero-order chi connectivity index (χ0) is 13.9. The smallest absolute Gasteiger partial charge is 0.119 e. The van der Waals surface area contributed by atoms with Crippen molar-refractivity contribution in [1.29, 1.82) is 0 Å². The van der Waals surface area contributed by atoms with Gasteiger partial charge in [0, 0.05) is 23.0 Å². The molecule has 0 bridgehead atoms. The van der Waals surface area contributed by atoms with E-state index in [1.54, 1.807) is 0 Å². The fourth-order valence-corrected chi connectivity index (χ4v) is 2.62. The maximum absolute atomic E-state index is 5.91. The molecule has 1 aliphatic rings. The molecule has 1 N–H and O–H groups in total. The Bertz CT molecular complexity index is 595. The first-order valence-electron chi connectivity index (χ1n) is 7.26. The number of rotatable bonds is 6. The van der Waals surface area contributed by atoms with Crippen LogP contribution in [-0.2, 0) is 0 Å². The second kappa shape index (κ2) is 6.15. The Labute approximate surface area is 128 Å². The number of benzene rings is 2. The third kappa shape index (κ3) is 3.74. The summed E-state index contributed by atoms with van der Waals surface area (Å²) in [6, 6.07) is 13.4. The number of hydrogen-bond acceptors (Lipinski definition) is 2. The Morgan fingerprint density at radius 3 is 2.75 bits per heavy atom. The zero-order valence-electron chi connectivity index (χ0n) is 11.7. The molecule has 2 aromatic rings. The van der Waals surface area contributed by atoms with Crippen LogP contribution in [-0.4, -0.2) is 19.2 Å². The summed E-state index contributed by atoms with van der Waals surface area (Å²) < 4.78 is 7.02. The van der Waals surface area contributed by atoms with Crippen molar-refractivity contribution in [3.8, 4) is 5.75 Å². The second-order valence-electron chi connectivity index (χ2n) is 5.75. The minimum atomic E-state index is 0.538. The van der Waals surface area contributed by atoms with E-state index in [0.29, 0.717) is 5.92 Å². The molecule has 3 rings (SSSR count). The molecule has 2 nitrogen and oxygen atoms in total. The summed E-state index contributed by atoms with van der Waals surface area (Å²) >= 11 is 3.50. The van der Waals surface area contributed by atoms with Gasteiger partial charge < -0.3 is 10.1 Å². The predicted molar refractivity (Wildman–Crippen MR) is 87.3 cm³/mol. The van der Waals surface area contributed by atoms with Crippen molar-refractivity contribution in [2.45, 2.75) is 25.8 Å². The lowest BCUT2D eigenvalue weighted by Gasteiger charge is -2.14. The second-order valence-corrected chi connectivity index (χ2v) is 6.67. The summed E-state index contributed by atoms with van der Waals surface area (Å²) in [5, 5.41) is 5.99. The molecule has 1 saturated carbocycles. The molecule has 1 fully saturated rings. The maximum atomic E-state index is 5.91. The summed E-state index contributed by atoms with van der Waals surface area (Å²) in [5.41, 5.74) is 0. The average molecular weight is 334 g/mol. The Kier molecular flexibility index (Phi) is 4.27. The quantitative estimate of drug-likeness (QED) is 0.847. The van der Waals surface area contributed by atoms with E-state index in [-0.39, 0.29) is 0 Å².